The molecule has 0 atom stereocenters. The van der Waals surface area contributed by atoms with Crippen molar-refractivity contribution in [3.63, 3.8) is 0 Å². The Hall–Kier alpha value is -2.21. The van der Waals surface area contributed by atoms with Crippen molar-refractivity contribution in [1.82, 2.24) is 4.98 Å². The lowest BCUT2D eigenvalue weighted by Crippen LogP contribution is -2.06. The molecule has 0 spiro atoms. The Labute approximate surface area is 111 Å². The molecule has 0 aliphatic carbocycles. The fraction of sp³-hybridized carbons (Fsp3) is 0. The summed E-state index contributed by atoms with van der Waals surface area (Å²) < 4.78 is 26.0. The van der Waals surface area contributed by atoms with E-state index in [0.29, 0.717) is 0 Å². The zero-order valence-corrected chi connectivity index (χ0v) is 10.1. The maximum atomic E-state index is 13.1. The Kier molecular flexibility index (Phi) is 3.62. The van der Waals surface area contributed by atoms with Crippen molar-refractivity contribution < 1.29 is 18.7 Å². The van der Waals surface area contributed by atoms with Gasteiger partial charge in [0.2, 0.25) is 0 Å². The molecule has 2 rings (SSSR count). The highest BCUT2D eigenvalue weighted by Gasteiger charge is 2.14. The normalized spacial score (nSPS) is 10.3. The molecule has 1 aromatic heterocycles. The van der Waals surface area contributed by atoms with Crippen LogP contribution in [-0.4, -0.2) is 16.1 Å². The van der Waals surface area contributed by atoms with E-state index in [9.17, 15) is 13.6 Å². The lowest BCUT2D eigenvalue weighted by molar-refractivity contribution is 0.0697. The number of pyridine rings is 1. The van der Waals surface area contributed by atoms with Crippen molar-refractivity contribution in [3.05, 3.63) is 52.7 Å². The predicted molar refractivity (Wildman–Crippen MR) is 65.8 cm³/mol. The molecule has 1 aromatic carbocycles. The van der Waals surface area contributed by atoms with Crippen LogP contribution in [0.25, 0.3) is 0 Å². The van der Waals surface area contributed by atoms with Gasteiger partial charge < -0.3 is 10.4 Å². The van der Waals surface area contributed by atoms with Gasteiger partial charge in [-0.3, -0.25) is 0 Å². The molecule has 1 heterocycles. The number of aromatic carboxylic acids is 1. The third kappa shape index (κ3) is 2.97. The van der Waals surface area contributed by atoms with E-state index >= 15 is 0 Å². The average molecular weight is 285 g/mol. The van der Waals surface area contributed by atoms with Gasteiger partial charge in [0, 0.05) is 0 Å². The SMILES string of the molecule is O=C(O)c1cc(F)cnc1Nc1cc(F)ccc1Cl. The molecule has 0 saturated carbocycles. The summed E-state index contributed by atoms with van der Waals surface area (Å²) in [7, 11) is 0. The largest absolute Gasteiger partial charge is 0.478 e. The third-order valence-electron chi connectivity index (χ3n) is 2.27. The molecule has 0 radical (unpaired) electrons. The van der Waals surface area contributed by atoms with Gasteiger partial charge >= 0.3 is 5.97 Å². The Morgan fingerprint density at radius 3 is 2.68 bits per heavy atom. The maximum absolute atomic E-state index is 13.1. The molecule has 2 N–H and O–H groups in total. The van der Waals surface area contributed by atoms with Crippen molar-refractivity contribution in [2.75, 3.05) is 5.32 Å². The number of nitrogens with one attached hydrogen (secondary N) is 1. The summed E-state index contributed by atoms with van der Waals surface area (Å²) in [6.45, 7) is 0. The van der Waals surface area contributed by atoms with E-state index in [0.717, 1.165) is 24.4 Å². The minimum Gasteiger partial charge on any atom is -0.478 e. The molecular weight excluding hydrogens is 278 g/mol. The first-order valence-electron chi connectivity index (χ1n) is 5.08. The van der Waals surface area contributed by atoms with Crippen molar-refractivity contribution >= 4 is 29.1 Å². The van der Waals surface area contributed by atoms with E-state index in [1.54, 1.807) is 0 Å². The monoisotopic (exact) mass is 284 g/mol. The molecular formula is C12H7ClF2N2O2. The summed E-state index contributed by atoms with van der Waals surface area (Å²) in [6.07, 6.45) is 0.849. The van der Waals surface area contributed by atoms with Crippen LogP contribution in [0.2, 0.25) is 5.02 Å². The molecule has 0 amide bonds. The molecule has 7 heteroatoms. The molecule has 2 aromatic rings. The number of rotatable bonds is 3. The van der Waals surface area contributed by atoms with Gasteiger partial charge in [-0.05, 0) is 24.3 Å². The maximum Gasteiger partial charge on any atom is 0.339 e. The van der Waals surface area contributed by atoms with Gasteiger partial charge in [0.05, 0.1) is 16.9 Å². The van der Waals surface area contributed by atoms with Crippen LogP contribution in [-0.2, 0) is 0 Å². The summed E-state index contributed by atoms with van der Waals surface area (Å²) in [6, 6.07) is 4.36. The van der Waals surface area contributed by atoms with Crippen LogP contribution >= 0.6 is 11.6 Å². The summed E-state index contributed by atoms with van der Waals surface area (Å²) >= 11 is 5.83. The van der Waals surface area contributed by atoms with E-state index in [4.69, 9.17) is 16.7 Å². The van der Waals surface area contributed by atoms with Gasteiger partial charge in [-0.25, -0.2) is 18.6 Å². The number of aromatic nitrogens is 1. The summed E-state index contributed by atoms with van der Waals surface area (Å²) in [5.41, 5.74) is -0.233. The van der Waals surface area contributed by atoms with Crippen LogP contribution in [0.3, 0.4) is 0 Å². The topological polar surface area (TPSA) is 62.2 Å². The van der Waals surface area contributed by atoms with Gasteiger partial charge in [-0.15, -0.1) is 0 Å². The van der Waals surface area contributed by atoms with Crippen LogP contribution in [0.5, 0.6) is 0 Å². The lowest BCUT2D eigenvalue weighted by Gasteiger charge is -2.10. The standard InChI is InChI=1S/C12H7ClF2N2O2/c13-9-2-1-6(14)4-10(9)17-11-8(12(18)19)3-7(15)5-16-11/h1-5H,(H,16,17)(H,18,19). The number of anilines is 2. The minimum atomic E-state index is -1.36. The predicted octanol–water partition coefficient (Wildman–Crippen LogP) is 3.46. The molecule has 0 saturated heterocycles. The molecule has 0 fully saturated rings. The number of carboxylic acid groups (broad SMARTS) is 1. The first-order chi connectivity index (χ1) is 8.97. The van der Waals surface area contributed by atoms with Crippen molar-refractivity contribution in [1.29, 1.82) is 0 Å². The molecule has 4 nitrogen and oxygen atoms in total. The fourth-order valence-electron chi connectivity index (χ4n) is 1.42. The Morgan fingerprint density at radius 2 is 2.00 bits per heavy atom. The second kappa shape index (κ2) is 5.19. The molecule has 0 unspecified atom stereocenters. The summed E-state index contributed by atoms with van der Waals surface area (Å²) in [4.78, 5) is 14.6. The van der Waals surface area contributed by atoms with E-state index < -0.39 is 17.6 Å². The van der Waals surface area contributed by atoms with Crippen molar-refractivity contribution in [2.45, 2.75) is 0 Å². The average Bonchev–Trinajstić information content (AvgIpc) is 2.35. The molecule has 0 aliphatic rings. The number of hydrogen-bond donors (Lipinski definition) is 2. The van der Waals surface area contributed by atoms with Crippen LogP contribution in [0, 0.1) is 11.6 Å². The van der Waals surface area contributed by atoms with Crippen LogP contribution < -0.4 is 5.32 Å². The van der Waals surface area contributed by atoms with Gasteiger partial charge in [0.25, 0.3) is 0 Å². The van der Waals surface area contributed by atoms with Crippen LogP contribution in [0.4, 0.5) is 20.3 Å². The van der Waals surface area contributed by atoms with Crippen LogP contribution in [0.15, 0.2) is 30.5 Å². The van der Waals surface area contributed by atoms with Crippen molar-refractivity contribution in [3.8, 4) is 0 Å². The minimum absolute atomic E-state index is 0.124. The van der Waals surface area contributed by atoms with Gasteiger partial charge in [-0.2, -0.15) is 0 Å². The Morgan fingerprint density at radius 1 is 1.26 bits per heavy atom. The van der Waals surface area contributed by atoms with Gasteiger partial charge in [0.15, 0.2) is 0 Å². The highest BCUT2D eigenvalue weighted by molar-refractivity contribution is 6.33. The highest BCUT2D eigenvalue weighted by Crippen LogP contribution is 2.27. The summed E-state index contributed by atoms with van der Waals surface area (Å²) in [5, 5.41) is 11.7. The third-order valence-corrected chi connectivity index (χ3v) is 2.60. The second-order valence-corrected chi connectivity index (χ2v) is 4.01. The number of carboxylic acids is 1. The highest BCUT2D eigenvalue weighted by atomic mass is 35.5. The van der Waals surface area contributed by atoms with E-state index in [-0.39, 0.29) is 22.1 Å². The first kappa shape index (κ1) is 13.2. The van der Waals surface area contributed by atoms with Gasteiger partial charge in [-0.1, -0.05) is 11.6 Å². The fourth-order valence-corrected chi connectivity index (χ4v) is 1.59. The zero-order valence-electron chi connectivity index (χ0n) is 9.32. The van der Waals surface area contributed by atoms with Crippen LogP contribution in [0.1, 0.15) is 10.4 Å². The summed E-state index contributed by atoms with van der Waals surface area (Å²) in [5.74, 6) is -2.82. The molecule has 98 valence electrons. The second-order valence-electron chi connectivity index (χ2n) is 3.60. The van der Waals surface area contributed by atoms with Gasteiger partial charge in [0.1, 0.15) is 23.0 Å². The number of carbonyl (C=O) groups is 1. The number of halogens is 3. The van der Waals surface area contributed by atoms with E-state index in [1.807, 2.05) is 0 Å². The lowest BCUT2D eigenvalue weighted by atomic mass is 10.2. The first-order valence-corrected chi connectivity index (χ1v) is 5.46. The zero-order chi connectivity index (χ0) is 14.0. The Balaban J connectivity index is 2.43. The number of nitrogens with zero attached hydrogens (tertiary/aromatic N) is 1. The smallest absolute Gasteiger partial charge is 0.339 e. The quantitative estimate of drug-likeness (QED) is 0.906. The molecule has 0 aliphatic heterocycles. The van der Waals surface area contributed by atoms with E-state index in [2.05, 4.69) is 10.3 Å². The Bertz CT molecular complexity index is 650. The molecule has 19 heavy (non-hydrogen) atoms. The number of benzene rings is 1. The molecule has 0 bridgehead atoms. The van der Waals surface area contributed by atoms with E-state index in [1.165, 1.54) is 6.07 Å². The van der Waals surface area contributed by atoms with Crippen molar-refractivity contribution in [2.24, 2.45) is 0 Å². The number of hydrogen-bond acceptors (Lipinski definition) is 3.